The summed E-state index contributed by atoms with van der Waals surface area (Å²) >= 11 is 0. The Morgan fingerprint density at radius 3 is 3.11 bits per heavy atom. The van der Waals surface area contributed by atoms with Gasteiger partial charge in [0.15, 0.2) is 5.76 Å². The number of methoxy groups -OCH3 is 1. The van der Waals surface area contributed by atoms with Crippen molar-refractivity contribution in [1.29, 1.82) is 0 Å². The monoisotopic (exact) mass is 267 g/mol. The zero-order chi connectivity index (χ0) is 13.7. The topological polar surface area (TPSA) is 105 Å². The largest absolute Gasteiger partial charge is 0.460 e. The van der Waals surface area contributed by atoms with E-state index in [4.69, 9.17) is 14.0 Å². The van der Waals surface area contributed by atoms with Crippen LogP contribution in [0.4, 0.5) is 0 Å². The van der Waals surface area contributed by atoms with Gasteiger partial charge in [-0.15, -0.1) is 5.10 Å². The van der Waals surface area contributed by atoms with Gasteiger partial charge in [0.1, 0.15) is 12.3 Å². The van der Waals surface area contributed by atoms with Crippen LogP contribution in [0.2, 0.25) is 0 Å². The van der Waals surface area contributed by atoms with Gasteiger partial charge in [0.25, 0.3) is 5.82 Å². The van der Waals surface area contributed by atoms with Crippen LogP contribution in [0.25, 0.3) is 0 Å². The summed E-state index contributed by atoms with van der Waals surface area (Å²) in [6.45, 7) is 2.51. The first-order chi connectivity index (χ1) is 9.24. The highest BCUT2D eigenvalue weighted by Gasteiger charge is 2.17. The van der Waals surface area contributed by atoms with Crippen LogP contribution in [0.5, 0.6) is 0 Å². The minimum Gasteiger partial charge on any atom is -0.460 e. The lowest BCUT2D eigenvalue weighted by Crippen LogP contribution is -2.15. The molecule has 2 aromatic heterocycles. The number of carbonyl (C=O) groups excluding carboxylic acids is 1. The summed E-state index contributed by atoms with van der Waals surface area (Å²) in [7, 11) is 1.56. The maximum absolute atomic E-state index is 11.6. The number of hydrogen-bond acceptors (Lipinski definition) is 8. The molecule has 9 heteroatoms. The Bertz CT molecular complexity index is 550. The fraction of sp³-hybridized carbons (Fsp3) is 0.500. The fourth-order valence-electron chi connectivity index (χ4n) is 1.45. The van der Waals surface area contributed by atoms with Crippen molar-refractivity contribution in [3.63, 3.8) is 0 Å². The predicted octanol–water partition coefficient (Wildman–Crippen LogP) is 0.0325. The van der Waals surface area contributed by atoms with Crippen molar-refractivity contribution in [1.82, 2.24) is 25.4 Å². The predicted molar refractivity (Wildman–Crippen MR) is 60.1 cm³/mol. The van der Waals surface area contributed by atoms with Crippen LogP contribution in [-0.2, 0) is 22.6 Å². The highest BCUT2D eigenvalue weighted by molar-refractivity contribution is 5.85. The molecule has 0 aliphatic rings. The lowest BCUT2D eigenvalue weighted by atomic mass is 10.3. The van der Waals surface area contributed by atoms with E-state index in [1.54, 1.807) is 20.1 Å². The molecule has 0 saturated heterocycles. The summed E-state index contributed by atoms with van der Waals surface area (Å²) in [5, 5.41) is 14.6. The van der Waals surface area contributed by atoms with Crippen molar-refractivity contribution in [2.75, 3.05) is 13.7 Å². The fourth-order valence-corrected chi connectivity index (χ4v) is 1.45. The molecule has 0 radical (unpaired) electrons. The second-order valence-corrected chi connectivity index (χ2v) is 3.60. The Balaban J connectivity index is 2.10. The minimum absolute atomic E-state index is 0.0261. The van der Waals surface area contributed by atoms with Gasteiger partial charge in [0.05, 0.1) is 13.2 Å². The van der Waals surface area contributed by atoms with Gasteiger partial charge in [-0.3, -0.25) is 0 Å². The van der Waals surface area contributed by atoms with E-state index in [0.29, 0.717) is 18.1 Å². The van der Waals surface area contributed by atoms with Crippen molar-refractivity contribution in [3.8, 4) is 0 Å². The van der Waals surface area contributed by atoms with Crippen LogP contribution >= 0.6 is 0 Å². The van der Waals surface area contributed by atoms with Crippen LogP contribution in [0.15, 0.2) is 10.6 Å². The van der Waals surface area contributed by atoms with Gasteiger partial charge in [-0.2, -0.15) is 0 Å². The lowest BCUT2D eigenvalue weighted by Gasteiger charge is -2.01. The van der Waals surface area contributed by atoms with Crippen molar-refractivity contribution in [2.24, 2.45) is 0 Å². The molecule has 0 aliphatic carbocycles. The zero-order valence-electron chi connectivity index (χ0n) is 10.6. The summed E-state index contributed by atoms with van der Waals surface area (Å²) in [5.74, 6) is 0.0366. The normalized spacial score (nSPS) is 10.6. The average molecular weight is 267 g/mol. The van der Waals surface area contributed by atoms with Gasteiger partial charge in [-0.1, -0.05) is 5.16 Å². The molecule has 0 bridgehead atoms. The quantitative estimate of drug-likeness (QED) is 0.675. The number of carbonyl (C=O) groups is 1. The Labute approximate surface area is 108 Å². The van der Waals surface area contributed by atoms with E-state index in [1.165, 1.54) is 4.68 Å². The molecule has 19 heavy (non-hydrogen) atoms. The van der Waals surface area contributed by atoms with Crippen LogP contribution in [0.1, 0.15) is 29.0 Å². The third kappa shape index (κ3) is 3.13. The molecule has 2 heterocycles. The molecule has 0 saturated carbocycles. The average Bonchev–Trinajstić information content (AvgIpc) is 3.00. The highest BCUT2D eigenvalue weighted by Crippen LogP contribution is 2.07. The van der Waals surface area contributed by atoms with E-state index < -0.39 is 5.97 Å². The van der Waals surface area contributed by atoms with E-state index in [1.807, 2.05) is 0 Å². The van der Waals surface area contributed by atoms with E-state index in [2.05, 4.69) is 20.7 Å². The number of nitrogens with zero attached hydrogens (tertiary/aromatic N) is 5. The van der Waals surface area contributed by atoms with Gasteiger partial charge < -0.3 is 14.0 Å². The second kappa shape index (κ2) is 6.05. The molecule has 102 valence electrons. The Morgan fingerprint density at radius 1 is 1.53 bits per heavy atom. The van der Waals surface area contributed by atoms with Crippen molar-refractivity contribution >= 4 is 5.97 Å². The lowest BCUT2D eigenvalue weighted by molar-refractivity contribution is 0.0505. The first kappa shape index (κ1) is 13.1. The van der Waals surface area contributed by atoms with E-state index in [9.17, 15) is 4.79 Å². The number of tetrazole rings is 1. The van der Waals surface area contributed by atoms with Gasteiger partial charge in [0, 0.05) is 13.2 Å². The summed E-state index contributed by atoms with van der Waals surface area (Å²) < 4.78 is 16.1. The van der Waals surface area contributed by atoms with Crippen LogP contribution in [-0.4, -0.2) is 45.0 Å². The summed E-state index contributed by atoms with van der Waals surface area (Å²) in [6.07, 6.45) is 0. The molecular weight excluding hydrogens is 254 g/mol. The summed E-state index contributed by atoms with van der Waals surface area (Å²) in [6, 6.07) is 1.71. The molecule has 0 aromatic carbocycles. The van der Waals surface area contributed by atoms with Gasteiger partial charge >= 0.3 is 5.97 Å². The van der Waals surface area contributed by atoms with Gasteiger partial charge in [0.2, 0.25) is 0 Å². The van der Waals surface area contributed by atoms with Gasteiger partial charge in [-0.25, -0.2) is 9.48 Å². The van der Waals surface area contributed by atoms with E-state index >= 15 is 0 Å². The van der Waals surface area contributed by atoms with Crippen LogP contribution in [0.3, 0.4) is 0 Å². The third-order valence-electron chi connectivity index (χ3n) is 2.20. The summed E-state index contributed by atoms with van der Waals surface area (Å²) in [5.41, 5.74) is 0.588. The zero-order valence-corrected chi connectivity index (χ0v) is 10.6. The highest BCUT2D eigenvalue weighted by atomic mass is 16.5. The Kier molecular flexibility index (Phi) is 4.18. The minimum atomic E-state index is -0.576. The molecule has 0 spiro atoms. The Morgan fingerprint density at radius 2 is 2.37 bits per heavy atom. The second-order valence-electron chi connectivity index (χ2n) is 3.60. The first-order valence-electron chi connectivity index (χ1n) is 5.61. The first-order valence-corrected chi connectivity index (χ1v) is 5.61. The molecule has 0 atom stereocenters. The molecule has 0 aliphatic heterocycles. The number of esters is 1. The van der Waals surface area contributed by atoms with E-state index in [-0.39, 0.29) is 19.0 Å². The number of ether oxygens (including phenoxy) is 2. The summed E-state index contributed by atoms with van der Waals surface area (Å²) in [4.78, 5) is 11.6. The van der Waals surface area contributed by atoms with Crippen molar-refractivity contribution < 1.29 is 18.8 Å². The van der Waals surface area contributed by atoms with Crippen molar-refractivity contribution in [3.05, 3.63) is 23.3 Å². The van der Waals surface area contributed by atoms with Gasteiger partial charge in [-0.05, 0) is 17.4 Å². The Hall–Kier alpha value is -2.29. The molecule has 0 N–H and O–H groups in total. The maximum Gasteiger partial charge on any atom is 0.378 e. The third-order valence-corrected chi connectivity index (χ3v) is 2.20. The number of aromatic nitrogens is 5. The molecule has 0 fully saturated rings. The van der Waals surface area contributed by atoms with Crippen LogP contribution < -0.4 is 0 Å². The molecule has 0 unspecified atom stereocenters. The molecule has 2 rings (SSSR count). The molecular formula is C10H13N5O4. The molecule has 9 nitrogen and oxygen atoms in total. The number of hydrogen-bond donors (Lipinski definition) is 0. The molecule has 2 aromatic rings. The maximum atomic E-state index is 11.6. The van der Waals surface area contributed by atoms with E-state index in [0.717, 1.165) is 0 Å². The SMILES string of the molecule is CCOC(=O)c1nnnn1Cc1cc(COC)on1. The van der Waals surface area contributed by atoms with Crippen molar-refractivity contribution in [2.45, 2.75) is 20.1 Å². The number of rotatable bonds is 6. The standard InChI is InChI=1S/C10H13N5O4/c1-3-18-10(16)9-11-13-14-15(9)5-7-4-8(6-17-2)19-12-7/h4H,3,5-6H2,1-2H3. The van der Waals surface area contributed by atoms with Crippen LogP contribution in [0, 0.1) is 0 Å². The molecule has 0 amide bonds. The smallest absolute Gasteiger partial charge is 0.378 e.